The van der Waals surface area contributed by atoms with E-state index in [-0.39, 0.29) is 29.9 Å². The molecule has 2 N–H and O–H groups in total. The number of sulfonamides is 1. The van der Waals surface area contributed by atoms with Gasteiger partial charge >= 0.3 is 0 Å². The molecule has 0 amide bonds. The molecule has 1 saturated heterocycles. The Morgan fingerprint density at radius 2 is 1.90 bits per heavy atom. The number of hydrogen-bond donors (Lipinski definition) is 2. The molecule has 0 radical (unpaired) electrons. The molecule has 120 valence electrons. The minimum absolute atomic E-state index is 0. The van der Waals surface area contributed by atoms with Crippen molar-refractivity contribution in [2.45, 2.75) is 17.4 Å². The summed E-state index contributed by atoms with van der Waals surface area (Å²) in [4.78, 5) is -0.443. The van der Waals surface area contributed by atoms with Crippen LogP contribution < -0.4 is 19.5 Å². The second-order valence-electron chi connectivity index (χ2n) is 4.45. The lowest BCUT2D eigenvalue weighted by Crippen LogP contribution is -2.36. The smallest absolute Gasteiger partial charge is 0.243 e. The first kappa shape index (κ1) is 18.0. The summed E-state index contributed by atoms with van der Waals surface area (Å²) in [5.41, 5.74) is 0. The molecule has 1 aromatic rings. The highest BCUT2D eigenvalue weighted by atomic mass is 35.5. The number of nitrogens with one attached hydrogen (secondary N) is 2. The van der Waals surface area contributed by atoms with Gasteiger partial charge < -0.3 is 14.8 Å². The summed E-state index contributed by atoms with van der Waals surface area (Å²) >= 11 is 0. The highest BCUT2D eigenvalue weighted by Crippen LogP contribution is 2.31. The number of benzene rings is 1. The van der Waals surface area contributed by atoms with Crippen molar-refractivity contribution in [2.24, 2.45) is 0 Å². The molecule has 1 unspecified atom stereocenters. The minimum atomic E-state index is -3.93. The highest BCUT2D eigenvalue weighted by molar-refractivity contribution is 7.89. The van der Waals surface area contributed by atoms with Gasteiger partial charge in [-0.3, -0.25) is 0 Å². The van der Waals surface area contributed by atoms with Crippen LogP contribution >= 0.6 is 12.4 Å². The molecule has 2 rings (SSSR count). The molecule has 1 aliphatic heterocycles. The zero-order chi connectivity index (χ0) is 14.8. The topological polar surface area (TPSA) is 76.7 Å². The van der Waals surface area contributed by atoms with Gasteiger partial charge in [-0.25, -0.2) is 17.5 Å². The van der Waals surface area contributed by atoms with Crippen LogP contribution in [0, 0.1) is 5.82 Å². The maximum absolute atomic E-state index is 14.0. The van der Waals surface area contributed by atoms with E-state index in [1.165, 1.54) is 14.2 Å². The quantitative estimate of drug-likeness (QED) is 0.833. The summed E-state index contributed by atoms with van der Waals surface area (Å²) in [5, 5.41) is 3.04. The molecule has 0 spiro atoms. The van der Waals surface area contributed by atoms with Gasteiger partial charge in [-0.15, -0.1) is 12.4 Å². The molecule has 0 aliphatic carbocycles. The number of methoxy groups -OCH3 is 2. The summed E-state index contributed by atoms with van der Waals surface area (Å²) in [6.07, 6.45) is 0.675. The van der Waals surface area contributed by atoms with E-state index < -0.39 is 20.7 Å². The lowest BCUT2D eigenvalue weighted by atomic mass is 10.3. The molecule has 1 fully saturated rings. The summed E-state index contributed by atoms with van der Waals surface area (Å²) in [5.74, 6) is -0.564. The van der Waals surface area contributed by atoms with Gasteiger partial charge in [-0.05, 0) is 13.0 Å². The number of hydrogen-bond acceptors (Lipinski definition) is 5. The molecule has 1 aliphatic rings. The van der Waals surface area contributed by atoms with E-state index in [1.54, 1.807) is 0 Å². The highest BCUT2D eigenvalue weighted by Gasteiger charge is 2.27. The van der Waals surface area contributed by atoms with Gasteiger partial charge in [0.15, 0.2) is 11.5 Å². The first-order valence-electron chi connectivity index (χ1n) is 6.12. The van der Waals surface area contributed by atoms with Crippen molar-refractivity contribution in [3.8, 4) is 11.5 Å². The Labute approximate surface area is 129 Å². The van der Waals surface area contributed by atoms with E-state index >= 15 is 0 Å². The van der Waals surface area contributed by atoms with Crippen LogP contribution in [0.1, 0.15) is 6.42 Å². The molecule has 21 heavy (non-hydrogen) atoms. The minimum Gasteiger partial charge on any atom is -0.493 e. The Kier molecular flexibility index (Phi) is 6.21. The molecule has 0 aromatic heterocycles. The Balaban J connectivity index is 0.00000220. The summed E-state index contributed by atoms with van der Waals surface area (Å²) in [7, 11) is -1.22. The van der Waals surface area contributed by atoms with Crippen molar-refractivity contribution < 1.29 is 22.3 Å². The van der Waals surface area contributed by atoms with Crippen molar-refractivity contribution >= 4 is 22.4 Å². The largest absolute Gasteiger partial charge is 0.493 e. The summed E-state index contributed by atoms with van der Waals surface area (Å²) in [6, 6.07) is 1.90. The van der Waals surface area contributed by atoms with Gasteiger partial charge in [0.2, 0.25) is 10.0 Å². The lowest BCUT2D eigenvalue weighted by Gasteiger charge is -2.14. The van der Waals surface area contributed by atoms with Crippen LogP contribution in [0.4, 0.5) is 4.39 Å². The van der Waals surface area contributed by atoms with Crippen molar-refractivity contribution in [2.75, 3.05) is 27.3 Å². The molecule has 0 bridgehead atoms. The Bertz CT molecular complexity index is 591. The predicted octanol–water partition coefficient (Wildman–Crippen LogP) is 0.905. The van der Waals surface area contributed by atoms with Crippen LogP contribution in [0.15, 0.2) is 17.0 Å². The van der Waals surface area contributed by atoms with Gasteiger partial charge in [0.05, 0.1) is 14.2 Å². The van der Waals surface area contributed by atoms with Gasteiger partial charge in [0.1, 0.15) is 10.7 Å². The van der Waals surface area contributed by atoms with E-state index in [0.717, 1.165) is 18.7 Å². The van der Waals surface area contributed by atoms with Crippen LogP contribution in [0.5, 0.6) is 11.5 Å². The normalized spacial score (nSPS) is 18.1. The fourth-order valence-electron chi connectivity index (χ4n) is 2.08. The van der Waals surface area contributed by atoms with Crippen molar-refractivity contribution in [1.82, 2.24) is 10.0 Å². The predicted molar refractivity (Wildman–Crippen MR) is 78.3 cm³/mol. The Morgan fingerprint density at radius 1 is 1.29 bits per heavy atom. The Morgan fingerprint density at radius 3 is 2.43 bits per heavy atom. The Hall–Kier alpha value is -1.09. The molecule has 1 aromatic carbocycles. The molecular weight excluding hydrogens is 323 g/mol. The van der Waals surface area contributed by atoms with E-state index in [9.17, 15) is 12.8 Å². The number of ether oxygens (including phenoxy) is 2. The third kappa shape index (κ3) is 3.97. The first-order chi connectivity index (χ1) is 9.47. The maximum atomic E-state index is 14.0. The van der Waals surface area contributed by atoms with Crippen LogP contribution in [0.2, 0.25) is 0 Å². The van der Waals surface area contributed by atoms with Gasteiger partial charge in [-0.2, -0.15) is 0 Å². The van der Waals surface area contributed by atoms with Crippen LogP contribution in [-0.2, 0) is 10.0 Å². The van der Waals surface area contributed by atoms with E-state index in [2.05, 4.69) is 10.0 Å². The SMILES string of the molecule is COc1cc(F)c(S(=O)(=O)NC2CCNC2)cc1OC.Cl. The van der Waals surface area contributed by atoms with Gasteiger partial charge in [0.25, 0.3) is 0 Å². The third-order valence-electron chi connectivity index (χ3n) is 3.11. The second-order valence-corrected chi connectivity index (χ2v) is 6.13. The lowest BCUT2D eigenvalue weighted by molar-refractivity contribution is 0.350. The zero-order valence-corrected chi connectivity index (χ0v) is 13.3. The maximum Gasteiger partial charge on any atom is 0.243 e. The second kappa shape index (κ2) is 7.26. The molecule has 1 heterocycles. The summed E-state index contributed by atoms with van der Waals surface area (Å²) in [6.45, 7) is 1.27. The van der Waals surface area contributed by atoms with Crippen molar-refractivity contribution in [1.29, 1.82) is 0 Å². The van der Waals surface area contributed by atoms with Crippen LogP contribution in [0.3, 0.4) is 0 Å². The summed E-state index contributed by atoms with van der Waals surface area (Å²) < 4.78 is 50.8. The first-order valence-corrected chi connectivity index (χ1v) is 7.61. The fourth-order valence-corrected chi connectivity index (χ4v) is 3.42. The molecule has 1 atom stereocenters. The monoisotopic (exact) mass is 340 g/mol. The average molecular weight is 341 g/mol. The molecular formula is C12H18ClFN2O4S. The van der Waals surface area contributed by atoms with E-state index in [0.29, 0.717) is 13.0 Å². The van der Waals surface area contributed by atoms with Crippen molar-refractivity contribution in [3.63, 3.8) is 0 Å². The fraction of sp³-hybridized carbons (Fsp3) is 0.500. The van der Waals surface area contributed by atoms with Gasteiger partial charge in [-0.1, -0.05) is 0 Å². The third-order valence-corrected chi connectivity index (χ3v) is 4.65. The average Bonchev–Trinajstić information content (AvgIpc) is 2.90. The molecule has 9 heteroatoms. The van der Waals surface area contributed by atoms with E-state index in [1.807, 2.05) is 0 Å². The zero-order valence-electron chi connectivity index (χ0n) is 11.7. The number of halogens is 2. The molecule has 6 nitrogen and oxygen atoms in total. The van der Waals surface area contributed by atoms with Crippen LogP contribution in [0.25, 0.3) is 0 Å². The van der Waals surface area contributed by atoms with Gasteiger partial charge in [0, 0.05) is 24.7 Å². The van der Waals surface area contributed by atoms with Crippen molar-refractivity contribution in [3.05, 3.63) is 17.9 Å². The number of rotatable bonds is 5. The van der Waals surface area contributed by atoms with E-state index in [4.69, 9.17) is 9.47 Å². The van der Waals surface area contributed by atoms with Crippen LogP contribution in [-0.4, -0.2) is 41.8 Å². The molecule has 0 saturated carbocycles. The standard InChI is InChI=1S/C12H17FN2O4S.ClH/c1-18-10-5-9(13)12(6-11(10)19-2)20(16,17)15-8-3-4-14-7-8;/h5-6,8,14-15H,3-4,7H2,1-2H3;1H.